The zero-order valence-corrected chi connectivity index (χ0v) is 9.74. The van der Waals surface area contributed by atoms with Gasteiger partial charge in [0.2, 0.25) is 5.91 Å². The average molecular weight is 257 g/mol. The molecule has 0 fully saturated rings. The van der Waals surface area contributed by atoms with Crippen molar-refractivity contribution >= 4 is 11.9 Å². The number of carboxylic acids is 1. The quantitative estimate of drug-likeness (QED) is 0.839. The Bertz CT molecular complexity index is 463. The Labute approximate surface area is 103 Å². The Hall–Kier alpha value is -1.98. The van der Waals surface area contributed by atoms with E-state index in [-0.39, 0.29) is 12.8 Å². The highest BCUT2D eigenvalue weighted by Crippen LogP contribution is 2.10. The van der Waals surface area contributed by atoms with E-state index < -0.39 is 29.6 Å². The van der Waals surface area contributed by atoms with E-state index in [1.165, 1.54) is 13.0 Å². The Morgan fingerprint density at radius 3 is 2.56 bits per heavy atom. The molecule has 0 aliphatic carbocycles. The minimum absolute atomic E-state index is 0.0166. The first-order chi connectivity index (χ1) is 8.40. The maximum absolute atomic E-state index is 12.9. The second-order valence-corrected chi connectivity index (χ2v) is 3.88. The van der Waals surface area contributed by atoms with Gasteiger partial charge in [-0.3, -0.25) is 9.59 Å². The number of carbonyl (C=O) groups is 2. The molecule has 4 nitrogen and oxygen atoms in total. The molecule has 1 rings (SSSR count). The van der Waals surface area contributed by atoms with Gasteiger partial charge in [-0.2, -0.15) is 0 Å². The second kappa shape index (κ2) is 6.09. The molecule has 0 spiro atoms. The molecule has 0 radical (unpaired) electrons. The molecule has 0 bridgehead atoms. The molecular weight excluding hydrogens is 244 g/mol. The van der Waals surface area contributed by atoms with Gasteiger partial charge in [0.1, 0.15) is 6.04 Å². The van der Waals surface area contributed by atoms with Crippen LogP contribution in [0.5, 0.6) is 0 Å². The molecule has 1 aromatic rings. The van der Waals surface area contributed by atoms with Crippen LogP contribution in [0, 0.1) is 11.6 Å². The number of nitrogens with one attached hydrogen (secondary N) is 1. The molecule has 6 heteroatoms. The SMILES string of the molecule is C[C@@H](NC(=O)CCc1ccc(F)c(F)c1)C(=O)O. The topological polar surface area (TPSA) is 66.4 Å². The van der Waals surface area contributed by atoms with E-state index in [1.54, 1.807) is 0 Å². The average Bonchev–Trinajstić information content (AvgIpc) is 2.30. The molecule has 18 heavy (non-hydrogen) atoms. The van der Waals surface area contributed by atoms with Gasteiger partial charge in [-0.25, -0.2) is 8.78 Å². The maximum Gasteiger partial charge on any atom is 0.325 e. The van der Waals surface area contributed by atoms with Crippen LogP contribution in [0.1, 0.15) is 18.9 Å². The molecule has 0 heterocycles. The number of halogens is 2. The number of amides is 1. The zero-order valence-electron chi connectivity index (χ0n) is 9.74. The van der Waals surface area contributed by atoms with Gasteiger partial charge in [-0.05, 0) is 31.0 Å². The molecular formula is C12H13F2NO3. The number of hydrogen-bond donors (Lipinski definition) is 2. The van der Waals surface area contributed by atoms with Crippen LogP contribution >= 0.6 is 0 Å². The van der Waals surface area contributed by atoms with Crippen molar-refractivity contribution in [1.29, 1.82) is 0 Å². The highest BCUT2D eigenvalue weighted by molar-refractivity contribution is 5.83. The first-order valence-electron chi connectivity index (χ1n) is 5.36. The van der Waals surface area contributed by atoms with Gasteiger partial charge < -0.3 is 10.4 Å². The summed E-state index contributed by atoms with van der Waals surface area (Å²) >= 11 is 0. The molecule has 0 saturated heterocycles. The summed E-state index contributed by atoms with van der Waals surface area (Å²) in [5, 5.41) is 10.8. The Morgan fingerprint density at radius 2 is 2.00 bits per heavy atom. The van der Waals surface area contributed by atoms with Crippen LogP contribution in [0.3, 0.4) is 0 Å². The monoisotopic (exact) mass is 257 g/mol. The van der Waals surface area contributed by atoms with E-state index in [4.69, 9.17) is 5.11 Å². The Morgan fingerprint density at radius 1 is 1.33 bits per heavy atom. The lowest BCUT2D eigenvalue weighted by Crippen LogP contribution is -2.38. The second-order valence-electron chi connectivity index (χ2n) is 3.88. The van der Waals surface area contributed by atoms with Crippen LogP contribution in [0.2, 0.25) is 0 Å². The smallest absolute Gasteiger partial charge is 0.325 e. The van der Waals surface area contributed by atoms with Gasteiger partial charge >= 0.3 is 5.97 Å². The fourth-order valence-electron chi connectivity index (χ4n) is 1.33. The van der Waals surface area contributed by atoms with Crippen LogP contribution in [-0.4, -0.2) is 23.0 Å². The summed E-state index contributed by atoms with van der Waals surface area (Å²) in [5.74, 6) is -3.49. The first kappa shape index (κ1) is 14.1. The standard InChI is InChI=1S/C12H13F2NO3/c1-7(12(17)18)15-11(16)5-3-8-2-4-9(13)10(14)6-8/h2,4,6-7H,3,5H2,1H3,(H,15,16)(H,17,18)/t7-/m1/s1. The summed E-state index contributed by atoms with van der Waals surface area (Å²) in [7, 11) is 0. The lowest BCUT2D eigenvalue weighted by Gasteiger charge is -2.09. The molecule has 0 unspecified atom stereocenters. The van der Waals surface area contributed by atoms with Crippen molar-refractivity contribution in [3.63, 3.8) is 0 Å². The van der Waals surface area contributed by atoms with Crippen molar-refractivity contribution in [1.82, 2.24) is 5.32 Å². The fourth-order valence-corrected chi connectivity index (χ4v) is 1.33. The van der Waals surface area contributed by atoms with Crippen molar-refractivity contribution in [2.45, 2.75) is 25.8 Å². The third-order valence-corrected chi connectivity index (χ3v) is 2.37. The lowest BCUT2D eigenvalue weighted by atomic mass is 10.1. The van der Waals surface area contributed by atoms with Crippen molar-refractivity contribution < 1.29 is 23.5 Å². The predicted octanol–water partition coefficient (Wildman–Crippen LogP) is 1.49. The van der Waals surface area contributed by atoms with E-state index in [0.29, 0.717) is 5.56 Å². The van der Waals surface area contributed by atoms with Gasteiger partial charge in [0.05, 0.1) is 0 Å². The molecule has 98 valence electrons. The molecule has 1 amide bonds. The molecule has 0 aliphatic heterocycles. The highest BCUT2D eigenvalue weighted by Gasteiger charge is 2.13. The molecule has 0 aromatic heterocycles. The minimum Gasteiger partial charge on any atom is -0.480 e. The van der Waals surface area contributed by atoms with Crippen LogP contribution in [-0.2, 0) is 16.0 Å². The normalized spacial score (nSPS) is 11.9. The zero-order chi connectivity index (χ0) is 13.7. The largest absolute Gasteiger partial charge is 0.480 e. The predicted molar refractivity (Wildman–Crippen MR) is 59.9 cm³/mol. The van der Waals surface area contributed by atoms with Crippen LogP contribution in [0.4, 0.5) is 8.78 Å². The van der Waals surface area contributed by atoms with Crippen LogP contribution < -0.4 is 5.32 Å². The van der Waals surface area contributed by atoms with E-state index in [9.17, 15) is 18.4 Å². The Kier molecular flexibility index (Phi) is 4.76. The van der Waals surface area contributed by atoms with E-state index in [0.717, 1.165) is 12.1 Å². The molecule has 2 N–H and O–H groups in total. The van der Waals surface area contributed by atoms with Gasteiger partial charge in [0.25, 0.3) is 0 Å². The van der Waals surface area contributed by atoms with Crippen molar-refractivity contribution in [3.05, 3.63) is 35.4 Å². The number of rotatable bonds is 5. The van der Waals surface area contributed by atoms with E-state index >= 15 is 0 Å². The number of carboxylic acid groups (broad SMARTS) is 1. The van der Waals surface area contributed by atoms with Crippen LogP contribution in [0.25, 0.3) is 0 Å². The number of aryl methyl sites for hydroxylation is 1. The minimum atomic E-state index is -1.13. The van der Waals surface area contributed by atoms with Crippen molar-refractivity contribution in [2.24, 2.45) is 0 Å². The number of benzene rings is 1. The van der Waals surface area contributed by atoms with Gasteiger partial charge in [0, 0.05) is 6.42 Å². The third-order valence-electron chi connectivity index (χ3n) is 2.37. The summed E-state index contributed by atoms with van der Waals surface area (Å²) in [6, 6.07) is 2.42. The summed E-state index contributed by atoms with van der Waals surface area (Å²) in [6.45, 7) is 1.35. The lowest BCUT2D eigenvalue weighted by molar-refractivity contribution is -0.141. The first-order valence-corrected chi connectivity index (χ1v) is 5.36. The van der Waals surface area contributed by atoms with E-state index in [1.807, 2.05) is 0 Å². The number of hydrogen-bond acceptors (Lipinski definition) is 2. The summed E-state index contributed by atoms with van der Waals surface area (Å²) in [4.78, 5) is 21.8. The van der Waals surface area contributed by atoms with Gasteiger partial charge in [0.15, 0.2) is 11.6 Å². The summed E-state index contributed by atoms with van der Waals surface area (Å²) in [6.07, 6.45) is 0.234. The number of aliphatic carboxylic acids is 1. The fraction of sp³-hybridized carbons (Fsp3) is 0.333. The molecule has 1 aromatic carbocycles. The Balaban J connectivity index is 2.47. The molecule has 0 aliphatic rings. The van der Waals surface area contributed by atoms with Gasteiger partial charge in [-0.1, -0.05) is 6.07 Å². The van der Waals surface area contributed by atoms with Gasteiger partial charge in [-0.15, -0.1) is 0 Å². The maximum atomic E-state index is 12.9. The van der Waals surface area contributed by atoms with Crippen molar-refractivity contribution in [2.75, 3.05) is 0 Å². The molecule has 0 saturated carbocycles. The third kappa shape index (κ3) is 4.12. The van der Waals surface area contributed by atoms with Crippen LogP contribution in [0.15, 0.2) is 18.2 Å². The molecule has 1 atom stereocenters. The highest BCUT2D eigenvalue weighted by atomic mass is 19.2. The number of carbonyl (C=O) groups excluding carboxylic acids is 1. The summed E-state index contributed by atoms with van der Waals surface area (Å²) in [5.41, 5.74) is 0.479. The van der Waals surface area contributed by atoms with Crippen molar-refractivity contribution in [3.8, 4) is 0 Å². The van der Waals surface area contributed by atoms with E-state index in [2.05, 4.69) is 5.32 Å². The summed E-state index contributed by atoms with van der Waals surface area (Å²) < 4.78 is 25.5.